The van der Waals surface area contributed by atoms with Crippen LogP contribution >= 0.6 is 0 Å². The molecular weight excluding hydrogens is 236 g/mol. The largest absolute Gasteiger partial charge is 0.381 e. The zero-order valence-corrected chi connectivity index (χ0v) is 10.7. The maximum absolute atomic E-state index is 12.2. The summed E-state index contributed by atoms with van der Waals surface area (Å²) in [5.41, 5.74) is -1.17. The molecular formula is C12H18N2O4. The molecule has 18 heavy (non-hydrogen) atoms. The van der Waals surface area contributed by atoms with E-state index in [1.165, 1.54) is 13.8 Å². The maximum atomic E-state index is 12.2. The lowest BCUT2D eigenvalue weighted by atomic mass is 9.88. The number of nitrogens with one attached hydrogen (secondary N) is 1. The van der Waals surface area contributed by atoms with Gasteiger partial charge in [0, 0.05) is 19.8 Å². The van der Waals surface area contributed by atoms with E-state index in [1.54, 1.807) is 0 Å². The van der Waals surface area contributed by atoms with Crippen molar-refractivity contribution >= 4 is 17.8 Å². The molecule has 2 rings (SSSR count). The van der Waals surface area contributed by atoms with Crippen LogP contribution in [0.25, 0.3) is 0 Å². The number of carbonyl (C=O) groups is 3. The Hall–Kier alpha value is -1.43. The number of carbonyl (C=O) groups excluding carboxylic acids is 3. The Bertz CT molecular complexity index is 386. The van der Waals surface area contributed by atoms with Crippen molar-refractivity contribution in [1.29, 1.82) is 0 Å². The second kappa shape index (κ2) is 4.68. The summed E-state index contributed by atoms with van der Waals surface area (Å²) in [4.78, 5) is 36.6. The predicted molar refractivity (Wildman–Crippen MR) is 62.6 cm³/mol. The first-order valence-electron chi connectivity index (χ1n) is 6.18. The van der Waals surface area contributed by atoms with E-state index in [9.17, 15) is 14.4 Å². The summed E-state index contributed by atoms with van der Waals surface area (Å²) in [6.07, 6.45) is 1.68. The van der Waals surface area contributed by atoms with E-state index in [4.69, 9.17) is 4.74 Å². The summed E-state index contributed by atoms with van der Waals surface area (Å²) >= 11 is 0. The zero-order valence-electron chi connectivity index (χ0n) is 10.7. The predicted octanol–water partition coefficient (Wildman–Crippen LogP) is 0.518. The molecule has 0 aliphatic carbocycles. The Kier molecular flexibility index (Phi) is 3.38. The first kappa shape index (κ1) is 13.0. The molecule has 0 spiro atoms. The second-order valence-corrected chi connectivity index (χ2v) is 5.36. The third-order valence-corrected chi connectivity index (χ3v) is 3.59. The van der Waals surface area contributed by atoms with Gasteiger partial charge in [-0.2, -0.15) is 0 Å². The van der Waals surface area contributed by atoms with E-state index in [1.807, 2.05) is 0 Å². The van der Waals surface area contributed by atoms with E-state index in [0.29, 0.717) is 19.8 Å². The molecule has 0 bridgehead atoms. The van der Waals surface area contributed by atoms with Crippen molar-refractivity contribution < 1.29 is 19.1 Å². The smallest absolute Gasteiger partial charge is 0.330 e. The number of hydrogen-bond acceptors (Lipinski definition) is 4. The van der Waals surface area contributed by atoms with Crippen LogP contribution in [0.5, 0.6) is 0 Å². The van der Waals surface area contributed by atoms with Crippen LogP contribution in [0.1, 0.15) is 26.7 Å². The molecule has 0 unspecified atom stereocenters. The van der Waals surface area contributed by atoms with Gasteiger partial charge in [0.05, 0.1) is 0 Å². The molecule has 2 heterocycles. The number of ether oxygens (including phenoxy) is 1. The molecule has 2 saturated heterocycles. The molecule has 0 aromatic rings. The van der Waals surface area contributed by atoms with Crippen LogP contribution in [-0.2, 0) is 14.3 Å². The number of imide groups is 2. The summed E-state index contributed by atoms with van der Waals surface area (Å²) in [5, 5.41) is 2.24. The number of urea groups is 1. The lowest BCUT2D eigenvalue weighted by Gasteiger charge is -2.37. The third kappa shape index (κ3) is 2.25. The van der Waals surface area contributed by atoms with Gasteiger partial charge < -0.3 is 4.74 Å². The van der Waals surface area contributed by atoms with Crippen LogP contribution in [0.4, 0.5) is 4.79 Å². The minimum Gasteiger partial charge on any atom is -0.381 e. The van der Waals surface area contributed by atoms with Gasteiger partial charge in [0.15, 0.2) is 0 Å². The minimum absolute atomic E-state index is 0.262. The number of rotatable bonds is 2. The molecule has 2 fully saturated rings. The molecule has 0 atom stereocenters. The fraction of sp³-hybridized carbons (Fsp3) is 0.750. The molecule has 0 radical (unpaired) electrons. The monoisotopic (exact) mass is 254 g/mol. The first-order valence-corrected chi connectivity index (χ1v) is 6.18. The number of barbiturate groups is 1. The van der Waals surface area contributed by atoms with Crippen LogP contribution in [0.15, 0.2) is 0 Å². The summed E-state index contributed by atoms with van der Waals surface area (Å²) in [5.74, 6) is -0.680. The molecule has 100 valence electrons. The number of nitrogens with zero attached hydrogens (tertiary/aromatic N) is 1. The van der Waals surface area contributed by atoms with Gasteiger partial charge in [0.25, 0.3) is 0 Å². The quantitative estimate of drug-likeness (QED) is 0.729. The van der Waals surface area contributed by atoms with Gasteiger partial charge in [-0.15, -0.1) is 0 Å². The highest BCUT2D eigenvalue weighted by molar-refractivity contribution is 6.18. The Morgan fingerprint density at radius 3 is 2.50 bits per heavy atom. The van der Waals surface area contributed by atoms with E-state index >= 15 is 0 Å². The van der Waals surface area contributed by atoms with Crippen molar-refractivity contribution in [2.45, 2.75) is 26.7 Å². The van der Waals surface area contributed by atoms with Gasteiger partial charge >= 0.3 is 6.03 Å². The first-order chi connectivity index (χ1) is 8.43. The fourth-order valence-corrected chi connectivity index (χ4v) is 2.20. The molecule has 0 saturated carbocycles. The summed E-state index contributed by atoms with van der Waals surface area (Å²) < 4.78 is 5.24. The van der Waals surface area contributed by atoms with Crippen LogP contribution in [0.3, 0.4) is 0 Å². The Morgan fingerprint density at radius 2 is 1.89 bits per heavy atom. The lowest BCUT2D eigenvalue weighted by Crippen LogP contribution is -2.62. The molecule has 2 aliphatic rings. The highest BCUT2D eigenvalue weighted by atomic mass is 16.5. The van der Waals surface area contributed by atoms with E-state index < -0.39 is 23.3 Å². The molecule has 6 nitrogen and oxygen atoms in total. The van der Waals surface area contributed by atoms with Crippen molar-refractivity contribution in [3.05, 3.63) is 0 Å². The second-order valence-electron chi connectivity index (χ2n) is 5.36. The van der Waals surface area contributed by atoms with Crippen molar-refractivity contribution in [3.8, 4) is 0 Å². The number of hydrogen-bond donors (Lipinski definition) is 1. The molecule has 2 aliphatic heterocycles. The normalized spacial score (nSPS) is 25.2. The molecule has 0 aromatic heterocycles. The standard InChI is InChI=1S/C12H18N2O4/c1-12(2)9(15)13-11(17)14(10(12)16)7-8-3-5-18-6-4-8/h8H,3-7H2,1-2H3,(H,13,15,17). The topological polar surface area (TPSA) is 75.7 Å². The summed E-state index contributed by atoms with van der Waals surface area (Å²) in [7, 11) is 0. The zero-order chi connectivity index (χ0) is 13.3. The minimum atomic E-state index is -1.17. The van der Waals surface area contributed by atoms with Crippen LogP contribution < -0.4 is 5.32 Å². The Labute approximate surface area is 106 Å². The summed E-state index contributed by atoms with van der Waals surface area (Å²) in [6, 6.07) is -0.601. The molecule has 0 aromatic carbocycles. The van der Waals surface area contributed by atoms with Gasteiger partial charge in [0.2, 0.25) is 11.8 Å². The van der Waals surface area contributed by atoms with Crippen molar-refractivity contribution in [2.75, 3.05) is 19.8 Å². The highest BCUT2D eigenvalue weighted by Crippen LogP contribution is 2.25. The lowest BCUT2D eigenvalue weighted by molar-refractivity contribution is -0.149. The fourth-order valence-electron chi connectivity index (χ4n) is 2.20. The average molecular weight is 254 g/mol. The van der Waals surface area contributed by atoms with Gasteiger partial charge in [-0.25, -0.2) is 4.79 Å². The van der Waals surface area contributed by atoms with Gasteiger partial charge in [-0.1, -0.05) is 0 Å². The van der Waals surface area contributed by atoms with Gasteiger partial charge in [-0.05, 0) is 32.6 Å². The number of amides is 4. The molecule has 4 amide bonds. The summed E-state index contributed by atoms with van der Waals surface area (Å²) in [6.45, 7) is 4.76. The van der Waals surface area contributed by atoms with E-state index in [0.717, 1.165) is 17.7 Å². The maximum Gasteiger partial charge on any atom is 0.330 e. The van der Waals surface area contributed by atoms with Crippen LogP contribution in [0.2, 0.25) is 0 Å². The molecule has 6 heteroatoms. The van der Waals surface area contributed by atoms with Gasteiger partial charge in [0.1, 0.15) is 5.41 Å². The van der Waals surface area contributed by atoms with E-state index in [2.05, 4.69) is 5.32 Å². The average Bonchev–Trinajstić information content (AvgIpc) is 2.34. The molecule has 1 N–H and O–H groups in total. The Morgan fingerprint density at radius 1 is 1.28 bits per heavy atom. The highest BCUT2D eigenvalue weighted by Gasteiger charge is 2.47. The van der Waals surface area contributed by atoms with Crippen molar-refractivity contribution in [1.82, 2.24) is 10.2 Å². The van der Waals surface area contributed by atoms with Crippen molar-refractivity contribution in [2.24, 2.45) is 11.3 Å². The SMILES string of the molecule is CC1(C)C(=O)NC(=O)N(CC2CCOCC2)C1=O. The van der Waals surface area contributed by atoms with Gasteiger partial charge in [-0.3, -0.25) is 19.8 Å². The van der Waals surface area contributed by atoms with Crippen LogP contribution in [0, 0.1) is 11.3 Å². The van der Waals surface area contributed by atoms with E-state index in [-0.39, 0.29) is 5.92 Å². The Balaban J connectivity index is 2.08. The van der Waals surface area contributed by atoms with Crippen molar-refractivity contribution in [3.63, 3.8) is 0 Å². The third-order valence-electron chi connectivity index (χ3n) is 3.59. The van der Waals surface area contributed by atoms with Crippen LogP contribution in [-0.4, -0.2) is 42.5 Å².